The average molecular weight is 306 g/mol. The summed E-state index contributed by atoms with van der Waals surface area (Å²) in [6.45, 7) is 5.95. The van der Waals surface area contributed by atoms with Crippen molar-refractivity contribution in [2.24, 2.45) is 0 Å². The minimum Gasteiger partial charge on any atom is -0.374 e. The van der Waals surface area contributed by atoms with Crippen molar-refractivity contribution < 1.29 is 9.53 Å². The summed E-state index contributed by atoms with van der Waals surface area (Å²) < 4.78 is 5.81. The van der Waals surface area contributed by atoms with Crippen LogP contribution >= 0.6 is 0 Å². The van der Waals surface area contributed by atoms with Gasteiger partial charge < -0.3 is 19.9 Å². The van der Waals surface area contributed by atoms with E-state index in [1.165, 1.54) is 0 Å². The summed E-state index contributed by atoms with van der Waals surface area (Å²) in [6.07, 6.45) is 2.89. The molecule has 6 nitrogen and oxygen atoms in total. The summed E-state index contributed by atoms with van der Waals surface area (Å²) >= 11 is 0. The van der Waals surface area contributed by atoms with E-state index >= 15 is 0 Å². The highest BCUT2D eigenvalue weighted by Crippen LogP contribution is 2.17. The van der Waals surface area contributed by atoms with E-state index in [4.69, 9.17) is 4.74 Å². The molecule has 1 atom stereocenters. The van der Waals surface area contributed by atoms with Crippen molar-refractivity contribution in [1.29, 1.82) is 0 Å². The summed E-state index contributed by atoms with van der Waals surface area (Å²) in [5.74, 6) is 0.832. The highest BCUT2D eigenvalue weighted by molar-refractivity contribution is 5.93. The molecule has 1 N–H and O–H groups in total. The van der Waals surface area contributed by atoms with E-state index in [0.717, 1.165) is 38.5 Å². The first-order valence-electron chi connectivity index (χ1n) is 7.85. The second-order valence-corrected chi connectivity index (χ2v) is 5.80. The molecule has 1 amide bonds. The predicted octanol–water partition coefficient (Wildman–Crippen LogP) is 0.988. The number of amides is 1. The monoisotopic (exact) mass is 306 g/mol. The minimum atomic E-state index is -0.0765. The van der Waals surface area contributed by atoms with Crippen LogP contribution in [0.5, 0.6) is 0 Å². The topological polar surface area (TPSA) is 57.7 Å². The van der Waals surface area contributed by atoms with Crippen molar-refractivity contribution in [2.75, 3.05) is 51.8 Å². The van der Waals surface area contributed by atoms with Gasteiger partial charge in [-0.25, -0.2) is 4.98 Å². The number of ether oxygens (including phenoxy) is 1. The molecule has 6 heteroatoms. The lowest BCUT2D eigenvalue weighted by molar-refractivity contribution is 0.0309. The Balaban J connectivity index is 1.94. The molecule has 1 aliphatic heterocycles. The van der Waals surface area contributed by atoms with E-state index in [9.17, 15) is 4.79 Å². The summed E-state index contributed by atoms with van der Waals surface area (Å²) in [7, 11) is 4.14. The Morgan fingerprint density at radius 1 is 1.50 bits per heavy atom. The first-order chi connectivity index (χ1) is 10.6. The summed E-state index contributed by atoms with van der Waals surface area (Å²) in [5.41, 5.74) is 0.600. The number of hydrogen-bond donors (Lipinski definition) is 1. The van der Waals surface area contributed by atoms with Gasteiger partial charge in [-0.2, -0.15) is 0 Å². The van der Waals surface area contributed by atoms with Gasteiger partial charge in [0, 0.05) is 32.4 Å². The molecular formula is C16H26N4O2. The fourth-order valence-corrected chi connectivity index (χ4v) is 2.47. The lowest BCUT2D eigenvalue weighted by Gasteiger charge is -2.34. The van der Waals surface area contributed by atoms with Gasteiger partial charge in [0.15, 0.2) is 0 Å². The number of carbonyl (C=O) groups excluding carboxylic acids is 1. The molecule has 1 unspecified atom stereocenters. The Morgan fingerprint density at radius 2 is 2.32 bits per heavy atom. The molecule has 0 aliphatic carbocycles. The van der Waals surface area contributed by atoms with Crippen LogP contribution < -0.4 is 10.2 Å². The van der Waals surface area contributed by atoms with Crippen molar-refractivity contribution >= 4 is 11.7 Å². The first kappa shape index (κ1) is 16.7. The normalized spacial score (nSPS) is 18.5. The predicted molar refractivity (Wildman–Crippen MR) is 87.4 cm³/mol. The number of rotatable bonds is 6. The smallest absolute Gasteiger partial charge is 0.252 e. The number of hydrogen-bond acceptors (Lipinski definition) is 5. The van der Waals surface area contributed by atoms with Gasteiger partial charge in [0.1, 0.15) is 5.82 Å². The number of nitrogens with zero attached hydrogens (tertiary/aromatic N) is 3. The van der Waals surface area contributed by atoms with E-state index in [2.05, 4.69) is 34.2 Å². The molecule has 0 spiro atoms. The van der Waals surface area contributed by atoms with Crippen LogP contribution in [0, 0.1) is 0 Å². The third-order valence-electron chi connectivity index (χ3n) is 3.71. The Hall–Kier alpha value is -1.66. The van der Waals surface area contributed by atoms with Crippen LogP contribution in [-0.2, 0) is 4.74 Å². The molecule has 1 aromatic heterocycles. The highest BCUT2D eigenvalue weighted by atomic mass is 16.5. The Bertz CT molecular complexity index is 476. The van der Waals surface area contributed by atoms with Crippen LogP contribution in [0.3, 0.4) is 0 Å². The third kappa shape index (κ3) is 4.68. The lowest BCUT2D eigenvalue weighted by Crippen LogP contribution is -2.43. The molecule has 0 saturated carbocycles. The summed E-state index contributed by atoms with van der Waals surface area (Å²) in [4.78, 5) is 20.6. The maximum Gasteiger partial charge on any atom is 0.252 e. The zero-order chi connectivity index (χ0) is 15.9. The number of morpholine rings is 1. The van der Waals surface area contributed by atoms with E-state index in [-0.39, 0.29) is 12.0 Å². The van der Waals surface area contributed by atoms with Gasteiger partial charge in [-0.3, -0.25) is 4.79 Å². The highest BCUT2D eigenvalue weighted by Gasteiger charge is 2.21. The molecule has 2 rings (SSSR count). The van der Waals surface area contributed by atoms with E-state index < -0.39 is 0 Å². The molecule has 1 aromatic rings. The van der Waals surface area contributed by atoms with Crippen molar-refractivity contribution in [1.82, 2.24) is 15.2 Å². The second-order valence-electron chi connectivity index (χ2n) is 5.80. The fourth-order valence-electron chi connectivity index (χ4n) is 2.47. The maximum absolute atomic E-state index is 11.7. The van der Waals surface area contributed by atoms with Crippen molar-refractivity contribution in [2.45, 2.75) is 19.4 Å². The molecule has 1 fully saturated rings. The first-order valence-corrected chi connectivity index (χ1v) is 7.85. The van der Waals surface area contributed by atoms with E-state index in [0.29, 0.717) is 12.1 Å². The number of anilines is 1. The zero-order valence-electron chi connectivity index (χ0n) is 13.7. The minimum absolute atomic E-state index is 0.0765. The van der Waals surface area contributed by atoms with Gasteiger partial charge in [0.25, 0.3) is 5.91 Å². The number of carbonyl (C=O) groups is 1. The molecule has 0 radical (unpaired) electrons. The Morgan fingerprint density at radius 3 is 2.95 bits per heavy atom. The van der Waals surface area contributed by atoms with Crippen LogP contribution in [0.4, 0.5) is 5.82 Å². The van der Waals surface area contributed by atoms with Crippen LogP contribution in [0.15, 0.2) is 18.3 Å². The zero-order valence-corrected chi connectivity index (χ0v) is 13.7. The molecule has 0 aromatic carbocycles. The van der Waals surface area contributed by atoms with Gasteiger partial charge in [-0.05, 0) is 39.6 Å². The van der Waals surface area contributed by atoms with Gasteiger partial charge in [-0.1, -0.05) is 0 Å². The van der Waals surface area contributed by atoms with Crippen molar-refractivity contribution in [3.63, 3.8) is 0 Å². The van der Waals surface area contributed by atoms with Crippen LogP contribution in [-0.4, -0.2) is 68.8 Å². The molecule has 0 bridgehead atoms. The number of nitrogens with one attached hydrogen (secondary N) is 1. The largest absolute Gasteiger partial charge is 0.374 e. The van der Waals surface area contributed by atoms with Gasteiger partial charge in [0.05, 0.1) is 18.3 Å². The summed E-state index contributed by atoms with van der Waals surface area (Å²) in [6, 6.07) is 3.75. The van der Waals surface area contributed by atoms with Gasteiger partial charge >= 0.3 is 0 Å². The van der Waals surface area contributed by atoms with Crippen molar-refractivity contribution in [3.8, 4) is 0 Å². The molecular weight excluding hydrogens is 280 g/mol. The molecule has 22 heavy (non-hydrogen) atoms. The van der Waals surface area contributed by atoms with E-state index in [1.807, 2.05) is 19.1 Å². The quantitative estimate of drug-likeness (QED) is 0.849. The maximum atomic E-state index is 11.7. The standard InChI is InChI=1S/C16H26N4O2/c1-4-17-16(21)13-5-6-15(18-11-13)20-9-10-22-14(12-20)7-8-19(2)3/h5-6,11,14H,4,7-10,12H2,1-3H3,(H,17,21). The van der Waals surface area contributed by atoms with Crippen LogP contribution in [0.1, 0.15) is 23.7 Å². The Labute approximate surface area is 132 Å². The third-order valence-corrected chi connectivity index (χ3v) is 3.71. The van der Waals surface area contributed by atoms with Gasteiger partial charge in [0.2, 0.25) is 0 Å². The molecule has 1 saturated heterocycles. The van der Waals surface area contributed by atoms with Crippen LogP contribution in [0.2, 0.25) is 0 Å². The Kier molecular flexibility index (Phi) is 6.15. The average Bonchev–Trinajstić information content (AvgIpc) is 2.53. The van der Waals surface area contributed by atoms with Crippen molar-refractivity contribution in [3.05, 3.63) is 23.9 Å². The lowest BCUT2D eigenvalue weighted by atomic mass is 10.2. The SMILES string of the molecule is CCNC(=O)c1ccc(N2CCOC(CCN(C)C)C2)nc1. The fraction of sp³-hybridized carbons (Fsp3) is 0.625. The number of pyridine rings is 1. The summed E-state index contributed by atoms with van der Waals surface area (Å²) in [5, 5.41) is 2.78. The molecule has 2 heterocycles. The second kappa shape index (κ2) is 8.10. The van der Waals surface area contributed by atoms with Crippen LogP contribution in [0.25, 0.3) is 0 Å². The molecule has 122 valence electrons. The number of aromatic nitrogens is 1. The molecule has 1 aliphatic rings. The van der Waals surface area contributed by atoms with Gasteiger partial charge in [-0.15, -0.1) is 0 Å². The van der Waals surface area contributed by atoms with E-state index in [1.54, 1.807) is 6.20 Å².